The molecular formula is C14H9Cl2NO4. The van der Waals surface area contributed by atoms with Crippen LogP contribution in [0, 0.1) is 17.0 Å². The third kappa shape index (κ3) is 3.32. The van der Waals surface area contributed by atoms with E-state index in [0.717, 1.165) is 0 Å². The Labute approximate surface area is 130 Å². The van der Waals surface area contributed by atoms with Crippen molar-refractivity contribution < 1.29 is 14.5 Å². The number of esters is 1. The van der Waals surface area contributed by atoms with Crippen LogP contribution in [0.15, 0.2) is 36.4 Å². The molecule has 0 N–H and O–H groups in total. The van der Waals surface area contributed by atoms with Crippen LogP contribution in [0.5, 0.6) is 5.75 Å². The first-order valence-corrected chi connectivity index (χ1v) is 6.57. The Morgan fingerprint density at radius 1 is 1.24 bits per heavy atom. The average molecular weight is 326 g/mol. The maximum absolute atomic E-state index is 12.1. The Morgan fingerprint density at radius 3 is 2.57 bits per heavy atom. The van der Waals surface area contributed by atoms with Gasteiger partial charge < -0.3 is 4.74 Å². The first-order valence-electron chi connectivity index (χ1n) is 5.81. The summed E-state index contributed by atoms with van der Waals surface area (Å²) in [5.74, 6) is -0.586. The molecule has 0 aliphatic rings. The van der Waals surface area contributed by atoms with E-state index in [1.54, 1.807) is 0 Å². The van der Waals surface area contributed by atoms with Crippen LogP contribution in [-0.2, 0) is 0 Å². The van der Waals surface area contributed by atoms with Gasteiger partial charge in [-0.25, -0.2) is 4.79 Å². The Hall–Kier alpha value is -2.11. The van der Waals surface area contributed by atoms with E-state index >= 15 is 0 Å². The van der Waals surface area contributed by atoms with E-state index < -0.39 is 10.9 Å². The van der Waals surface area contributed by atoms with Gasteiger partial charge in [-0.05, 0) is 31.2 Å². The van der Waals surface area contributed by atoms with Crippen molar-refractivity contribution in [2.24, 2.45) is 0 Å². The molecule has 0 atom stereocenters. The van der Waals surface area contributed by atoms with Gasteiger partial charge in [0.1, 0.15) is 5.75 Å². The van der Waals surface area contributed by atoms with Gasteiger partial charge in [-0.3, -0.25) is 10.1 Å². The molecule has 0 spiro atoms. The lowest BCUT2D eigenvalue weighted by Crippen LogP contribution is -2.11. The minimum Gasteiger partial charge on any atom is -0.421 e. The van der Waals surface area contributed by atoms with Crippen molar-refractivity contribution in [3.05, 3.63) is 67.7 Å². The summed E-state index contributed by atoms with van der Waals surface area (Å²) in [6.07, 6.45) is 0. The van der Waals surface area contributed by atoms with Gasteiger partial charge in [-0.15, -0.1) is 0 Å². The van der Waals surface area contributed by atoms with E-state index in [4.69, 9.17) is 27.9 Å². The molecule has 2 rings (SSSR count). The van der Waals surface area contributed by atoms with Gasteiger partial charge in [0.2, 0.25) is 0 Å². The highest BCUT2D eigenvalue weighted by atomic mass is 35.5. The molecule has 0 aliphatic carbocycles. The smallest absolute Gasteiger partial charge is 0.344 e. The molecular weight excluding hydrogens is 317 g/mol. The van der Waals surface area contributed by atoms with Crippen LogP contribution < -0.4 is 4.74 Å². The molecule has 21 heavy (non-hydrogen) atoms. The Bertz CT molecular complexity index is 731. The fraction of sp³-hybridized carbons (Fsp3) is 0.0714. The van der Waals surface area contributed by atoms with Gasteiger partial charge in [0.15, 0.2) is 0 Å². The van der Waals surface area contributed by atoms with Crippen molar-refractivity contribution >= 4 is 34.9 Å². The van der Waals surface area contributed by atoms with E-state index in [2.05, 4.69) is 0 Å². The van der Waals surface area contributed by atoms with Gasteiger partial charge in [-0.2, -0.15) is 0 Å². The van der Waals surface area contributed by atoms with Crippen LogP contribution >= 0.6 is 23.2 Å². The standard InChI is InChI=1S/C14H9Cl2NO4/c1-8-10(3-2-4-12(8)17(19)20)14(18)21-13-6-5-9(15)7-11(13)16/h2-7H,1H3. The zero-order valence-electron chi connectivity index (χ0n) is 10.8. The number of ether oxygens (including phenoxy) is 1. The molecule has 2 aromatic rings. The summed E-state index contributed by atoms with van der Waals surface area (Å²) in [5, 5.41) is 11.5. The van der Waals surface area contributed by atoms with Crippen LogP contribution in [0.2, 0.25) is 10.0 Å². The summed E-state index contributed by atoms with van der Waals surface area (Å²) in [6.45, 7) is 1.48. The van der Waals surface area contributed by atoms with E-state index in [9.17, 15) is 14.9 Å². The minimum atomic E-state index is -0.722. The van der Waals surface area contributed by atoms with Crippen LogP contribution in [0.1, 0.15) is 15.9 Å². The second kappa shape index (κ2) is 6.11. The van der Waals surface area contributed by atoms with Gasteiger partial charge in [0.25, 0.3) is 5.69 Å². The summed E-state index contributed by atoms with van der Waals surface area (Å²) in [7, 11) is 0. The summed E-state index contributed by atoms with van der Waals surface area (Å²) >= 11 is 11.7. The molecule has 0 aliphatic heterocycles. The summed E-state index contributed by atoms with van der Waals surface area (Å²) in [6, 6.07) is 8.61. The first kappa shape index (κ1) is 15.3. The molecule has 0 unspecified atom stereocenters. The molecule has 0 bridgehead atoms. The number of hydrogen-bond acceptors (Lipinski definition) is 4. The molecule has 0 radical (unpaired) electrons. The van der Waals surface area contributed by atoms with Crippen molar-refractivity contribution in [3.63, 3.8) is 0 Å². The number of carbonyl (C=O) groups is 1. The predicted molar refractivity (Wildman–Crippen MR) is 79.3 cm³/mol. The van der Waals surface area contributed by atoms with E-state index in [1.807, 2.05) is 0 Å². The van der Waals surface area contributed by atoms with Crippen molar-refractivity contribution in [2.45, 2.75) is 6.92 Å². The van der Waals surface area contributed by atoms with Crippen molar-refractivity contribution in [2.75, 3.05) is 0 Å². The SMILES string of the molecule is Cc1c(C(=O)Oc2ccc(Cl)cc2Cl)cccc1[N+](=O)[O-]. The van der Waals surface area contributed by atoms with Crippen molar-refractivity contribution in [1.29, 1.82) is 0 Å². The largest absolute Gasteiger partial charge is 0.421 e. The lowest BCUT2D eigenvalue weighted by molar-refractivity contribution is -0.385. The molecule has 0 heterocycles. The second-order valence-corrected chi connectivity index (χ2v) is 5.01. The van der Waals surface area contributed by atoms with Crippen LogP contribution in [0.25, 0.3) is 0 Å². The Balaban J connectivity index is 2.33. The van der Waals surface area contributed by atoms with E-state index in [1.165, 1.54) is 43.3 Å². The zero-order valence-corrected chi connectivity index (χ0v) is 12.3. The number of hydrogen-bond donors (Lipinski definition) is 0. The predicted octanol–water partition coefficient (Wildman–Crippen LogP) is 4.43. The van der Waals surface area contributed by atoms with Gasteiger partial charge in [0, 0.05) is 16.7 Å². The molecule has 0 aromatic heterocycles. The molecule has 5 nitrogen and oxygen atoms in total. The second-order valence-electron chi connectivity index (χ2n) is 4.17. The number of carbonyl (C=O) groups excluding carboxylic acids is 1. The molecule has 0 fully saturated rings. The van der Waals surface area contributed by atoms with E-state index in [0.29, 0.717) is 5.02 Å². The summed E-state index contributed by atoms with van der Waals surface area (Å²) in [5.41, 5.74) is 0.194. The van der Waals surface area contributed by atoms with Gasteiger partial charge in [-0.1, -0.05) is 29.3 Å². The number of halogens is 2. The number of benzene rings is 2. The minimum absolute atomic E-state index is 0.107. The first-order chi connectivity index (χ1) is 9.90. The quantitative estimate of drug-likeness (QED) is 0.362. The normalized spacial score (nSPS) is 10.2. The monoisotopic (exact) mass is 325 g/mol. The van der Waals surface area contributed by atoms with Gasteiger partial charge in [0.05, 0.1) is 15.5 Å². The fourth-order valence-electron chi connectivity index (χ4n) is 1.76. The Morgan fingerprint density at radius 2 is 1.95 bits per heavy atom. The molecule has 0 saturated carbocycles. The third-order valence-corrected chi connectivity index (χ3v) is 3.35. The Kier molecular flexibility index (Phi) is 4.45. The maximum atomic E-state index is 12.1. The number of nitrogens with zero attached hydrogens (tertiary/aromatic N) is 1. The lowest BCUT2D eigenvalue weighted by Gasteiger charge is -2.08. The van der Waals surface area contributed by atoms with Gasteiger partial charge >= 0.3 is 5.97 Å². The third-order valence-electron chi connectivity index (χ3n) is 2.82. The molecule has 7 heteroatoms. The molecule has 108 valence electrons. The lowest BCUT2D eigenvalue weighted by atomic mass is 10.1. The topological polar surface area (TPSA) is 69.4 Å². The number of rotatable bonds is 3. The van der Waals surface area contributed by atoms with Crippen molar-refractivity contribution in [1.82, 2.24) is 0 Å². The van der Waals surface area contributed by atoms with E-state index in [-0.39, 0.29) is 27.6 Å². The summed E-state index contributed by atoms with van der Waals surface area (Å²) in [4.78, 5) is 22.4. The highest BCUT2D eigenvalue weighted by molar-refractivity contribution is 6.35. The number of nitro benzene ring substituents is 1. The number of nitro groups is 1. The highest BCUT2D eigenvalue weighted by Crippen LogP contribution is 2.29. The molecule has 0 amide bonds. The highest BCUT2D eigenvalue weighted by Gasteiger charge is 2.20. The molecule has 0 saturated heterocycles. The average Bonchev–Trinajstić information content (AvgIpc) is 2.41. The van der Waals surface area contributed by atoms with Crippen LogP contribution in [0.3, 0.4) is 0 Å². The van der Waals surface area contributed by atoms with Crippen LogP contribution in [0.4, 0.5) is 5.69 Å². The maximum Gasteiger partial charge on any atom is 0.344 e. The fourth-order valence-corrected chi connectivity index (χ4v) is 2.20. The van der Waals surface area contributed by atoms with Crippen LogP contribution in [-0.4, -0.2) is 10.9 Å². The zero-order chi connectivity index (χ0) is 15.6. The summed E-state index contributed by atoms with van der Waals surface area (Å²) < 4.78 is 5.15. The molecule has 2 aromatic carbocycles. The van der Waals surface area contributed by atoms with Crippen molar-refractivity contribution in [3.8, 4) is 5.75 Å².